The van der Waals surface area contributed by atoms with Gasteiger partial charge in [0.05, 0.1) is 52.4 Å². The predicted molar refractivity (Wildman–Crippen MR) is 146 cm³/mol. The second-order valence-electron chi connectivity index (χ2n) is 8.70. The third-order valence-electron chi connectivity index (χ3n) is 6.08. The average Bonchev–Trinajstić information content (AvgIpc) is 3.33. The Morgan fingerprint density at radius 2 is 1.78 bits per heavy atom. The van der Waals surface area contributed by atoms with Crippen LogP contribution in [0.15, 0.2) is 52.6 Å². The largest absolute Gasteiger partial charge is 0.497 e. The van der Waals surface area contributed by atoms with Gasteiger partial charge in [-0.15, -0.1) is 0 Å². The Balaban J connectivity index is 1.88. The maximum Gasteiger partial charge on any atom is 0.341 e. The number of aryl methyl sites for hydroxylation is 1. The lowest BCUT2D eigenvalue weighted by Gasteiger charge is -2.14. The molecule has 0 saturated carbocycles. The summed E-state index contributed by atoms with van der Waals surface area (Å²) in [5.74, 6) is -2.48. The summed E-state index contributed by atoms with van der Waals surface area (Å²) in [6, 6.07) is 7.37. The van der Waals surface area contributed by atoms with Gasteiger partial charge in [-0.05, 0) is 44.2 Å². The summed E-state index contributed by atoms with van der Waals surface area (Å²) in [7, 11) is -3.73. The highest BCUT2D eigenvalue weighted by Gasteiger charge is 2.30. The summed E-state index contributed by atoms with van der Waals surface area (Å²) in [6.07, 6.45) is 1.56. The van der Waals surface area contributed by atoms with Crippen molar-refractivity contribution in [2.75, 3.05) is 20.8 Å². The minimum absolute atomic E-state index is 0.0726. The van der Waals surface area contributed by atoms with Crippen LogP contribution in [0.1, 0.15) is 27.2 Å². The molecular formula is C26H25N3O10S2. The highest BCUT2D eigenvalue weighted by atomic mass is 32.2. The van der Waals surface area contributed by atoms with E-state index in [4.69, 9.17) is 19.3 Å². The number of carbonyl (C=O) groups is 2. The molecule has 13 nitrogen and oxygen atoms in total. The Bertz CT molecular complexity index is 1820. The Labute approximate surface area is 236 Å². The third-order valence-corrected chi connectivity index (χ3v) is 9.12. The molecule has 4 aromatic rings. The monoisotopic (exact) mass is 603 g/mol. The number of pyridine rings is 1. The number of rotatable bonds is 11. The summed E-state index contributed by atoms with van der Waals surface area (Å²) in [4.78, 5) is 31.0. The highest BCUT2D eigenvalue weighted by molar-refractivity contribution is 7.91. The summed E-state index contributed by atoms with van der Waals surface area (Å²) in [5, 5.41) is 18.2. The van der Waals surface area contributed by atoms with Crippen molar-refractivity contribution in [1.29, 1.82) is 0 Å². The van der Waals surface area contributed by atoms with Crippen molar-refractivity contribution in [3.63, 3.8) is 0 Å². The molecule has 15 heteroatoms. The maximum absolute atomic E-state index is 14.0. The molecule has 0 aliphatic heterocycles. The van der Waals surface area contributed by atoms with Gasteiger partial charge >= 0.3 is 11.9 Å². The number of aromatic carboxylic acids is 1. The standard InChI is InChI=1S/C26H25N3O10S2/c1-14-11-27-20(15(2)24(14)38-4)13-40(34)26-28-19-9-16(37-3)5-7-21(19)29(26)41(35,36)17-6-8-22(39-12-23(30)31)18(10-17)25(32)33/h5-11H,12-13H2,1-4H3,(H,30,31)(H,32,33). The Morgan fingerprint density at radius 1 is 1.05 bits per heavy atom. The lowest BCUT2D eigenvalue weighted by atomic mass is 10.1. The first kappa shape index (κ1) is 29.5. The zero-order chi connectivity index (χ0) is 30.1. The predicted octanol–water partition coefficient (Wildman–Crippen LogP) is 2.77. The lowest BCUT2D eigenvalue weighted by molar-refractivity contribution is -0.139. The van der Waals surface area contributed by atoms with E-state index in [9.17, 15) is 27.3 Å². The van der Waals surface area contributed by atoms with Crippen LogP contribution < -0.4 is 14.2 Å². The van der Waals surface area contributed by atoms with Crippen molar-refractivity contribution >= 4 is 43.8 Å². The molecule has 1 atom stereocenters. The Morgan fingerprint density at radius 3 is 2.41 bits per heavy atom. The number of methoxy groups -OCH3 is 2. The molecule has 0 saturated heterocycles. The lowest BCUT2D eigenvalue weighted by Crippen LogP contribution is -2.19. The molecular weight excluding hydrogens is 578 g/mol. The van der Waals surface area contributed by atoms with Gasteiger partial charge in [-0.3, -0.25) is 9.19 Å². The third kappa shape index (κ3) is 5.71. The van der Waals surface area contributed by atoms with Crippen molar-refractivity contribution in [2.45, 2.75) is 29.7 Å². The van der Waals surface area contributed by atoms with Gasteiger partial charge < -0.3 is 24.4 Å². The Kier molecular flexibility index (Phi) is 8.30. The molecule has 0 fully saturated rings. The van der Waals surface area contributed by atoms with Crippen molar-refractivity contribution < 1.29 is 46.6 Å². The van der Waals surface area contributed by atoms with Gasteiger partial charge in [0.2, 0.25) is 5.16 Å². The van der Waals surface area contributed by atoms with Crippen LogP contribution in [-0.2, 0) is 31.4 Å². The van der Waals surface area contributed by atoms with Crippen LogP contribution in [0.5, 0.6) is 17.2 Å². The molecule has 0 aliphatic carbocycles. The number of hydrogen-bond donors (Lipinski definition) is 2. The summed E-state index contributed by atoms with van der Waals surface area (Å²) in [5.41, 5.74) is 1.48. The SMILES string of the molecule is COc1ccc2c(c1)nc(S(=O)Cc1ncc(C)c(OC)c1C)n2S(=O)(=O)c1ccc(OCC(=O)O)c(C(=O)O)c1. The molecule has 2 N–H and O–H groups in total. The van der Waals surface area contributed by atoms with Gasteiger partial charge in [-0.2, -0.15) is 0 Å². The number of ether oxygens (including phenoxy) is 3. The first-order chi connectivity index (χ1) is 19.4. The van der Waals surface area contributed by atoms with Gasteiger partial charge in [0.25, 0.3) is 10.0 Å². The number of hydrogen-bond acceptors (Lipinski definition) is 10. The molecule has 41 heavy (non-hydrogen) atoms. The maximum atomic E-state index is 14.0. The van der Waals surface area contributed by atoms with Crippen LogP contribution in [0, 0.1) is 13.8 Å². The van der Waals surface area contributed by atoms with Crippen LogP contribution in [0.25, 0.3) is 11.0 Å². The minimum atomic E-state index is -4.60. The molecule has 1 unspecified atom stereocenters. The van der Waals surface area contributed by atoms with Crippen LogP contribution >= 0.6 is 0 Å². The number of nitrogens with zero attached hydrogens (tertiary/aromatic N) is 3. The smallest absolute Gasteiger partial charge is 0.341 e. The highest BCUT2D eigenvalue weighted by Crippen LogP contribution is 2.32. The first-order valence-electron chi connectivity index (χ1n) is 11.8. The van der Waals surface area contributed by atoms with Crippen molar-refractivity contribution in [2.24, 2.45) is 0 Å². The van der Waals surface area contributed by atoms with E-state index in [-0.39, 0.29) is 27.7 Å². The summed E-state index contributed by atoms with van der Waals surface area (Å²) in [6.45, 7) is 2.72. The van der Waals surface area contributed by atoms with E-state index >= 15 is 0 Å². The second kappa shape index (κ2) is 11.5. The number of benzene rings is 2. The zero-order valence-electron chi connectivity index (χ0n) is 22.3. The molecule has 0 amide bonds. The molecule has 2 aromatic heterocycles. The van der Waals surface area contributed by atoms with E-state index in [1.807, 2.05) is 6.92 Å². The number of fused-ring (bicyclic) bond motifs is 1. The zero-order valence-corrected chi connectivity index (χ0v) is 23.9. The minimum Gasteiger partial charge on any atom is -0.497 e. The number of carboxylic acids is 2. The van der Waals surface area contributed by atoms with E-state index in [1.165, 1.54) is 32.4 Å². The van der Waals surface area contributed by atoms with E-state index in [0.29, 0.717) is 22.8 Å². The fourth-order valence-corrected chi connectivity index (χ4v) is 7.20. The normalized spacial score (nSPS) is 12.2. The van der Waals surface area contributed by atoms with E-state index in [0.717, 1.165) is 27.7 Å². The van der Waals surface area contributed by atoms with Crippen molar-refractivity contribution in [3.05, 3.63) is 65.0 Å². The molecule has 0 spiro atoms. The Hall–Kier alpha value is -4.50. The van der Waals surface area contributed by atoms with E-state index < -0.39 is 49.8 Å². The molecule has 2 heterocycles. The van der Waals surface area contributed by atoms with Crippen LogP contribution in [0.3, 0.4) is 0 Å². The summed E-state index contributed by atoms with van der Waals surface area (Å²) >= 11 is 0. The molecule has 4 rings (SSSR count). The van der Waals surface area contributed by atoms with Gasteiger partial charge in [0.1, 0.15) is 22.8 Å². The average molecular weight is 604 g/mol. The number of carboxylic acid groups (broad SMARTS) is 2. The van der Waals surface area contributed by atoms with Gasteiger partial charge in [0, 0.05) is 23.4 Å². The number of imidazole rings is 1. The first-order valence-corrected chi connectivity index (χ1v) is 14.6. The molecule has 0 bridgehead atoms. The van der Waals surface area contributed by atoms with E-state index in [2.05, 4.69) is 9.97 Å². The molecule has 0 aliphatic rings. The molecule has 2 aromatic carbocycles. The number of aromatic nitrogens is 3. The van der Waals surface area contributed by atoms with Crippen molar-refractivity contribution in [3.8, 4) is 17.2 Å². The van der Waals surface area contributed by atoms with Crippen LogP contribution in [0.4, 0.5) is 0 Å². The van der Waals surface area contributed by atoms with Crippen LogP contribution in [0.2, 0.25) is 0 Å². The van der Waals surface area contributed by atoms with E-state index in [1.54, 1.807) is 13.1 Å². The molecule has 216 valence electrons. The van der Waals surface area contributed by atoms with Gasteiger partial charge in [-0.1, -0.05) is 0 Å². The van der Waals surface area contributed by atoms with Gasteiger partial charge in [0.15, 0.2) is 6.61 Å². The topological polar surface area (TPSA) is 184 Å². The molecule has 0 radical (unpaired) electrons. The van der Waals surface area contributed by atoms with Gasteiger partial charge in [-0.25, -0.2) is 27.0 Å². The summed E-state index contributed by atoms with van der Waals surface area (Å²) < 4.78 is 58.2. The fourth-order valence-electron chi connectivity index (χ4n) is 4.13. The number of aliphatic carboxylic acids is 1. The quantitative estimate of drug-likeness (QED) is 0.256. The fraction of sp³-hybridized carbons (Fsp3) is 0.231. The second-order valence-corrected chi connectivity index (χ2v) is 11.8. The van der Waals surface area contributed by atoms with Crippen molar-refractivity contribution in [1.82, 2.24) is 13.9 Å². The van der Waals surface area contributed by atoms with Crippen LogP contribution in [-0.4, -0.2) is 69.5 Å².